The zero-order chi connectivity index (χ0) is 19.5. The highest BCUT2D eigenvalue weighted by atomic mass is 35.5. The van der Waals surface area contributed by atoms with Gasteiger partial charge in [0.2, 0.25) is 6.79 Å². The monoisotopic (exact) mass is 416 g/mol. The molecule has 2 aromatic carbocycles. The first-order valence-electron chi connectivity index (χ1n) is 8.91. The molecule has 8 heteroatoms. The molecule has 0 unspecified atom stereocenters. The summed E-state index contributed by atoms with van der Waals surface area (Å²) in [5, 5.41) is 10.4. The predicted molar refractivity (Wildman–Crippen MR) is 110 cm³/mol. The van der Waals surface area contributed by atoms with E-state index in [0.717, 1.165) is 45.4 Å². The number of ether oxygens (including phenoxy) is 2. The number of fused-ring (bicyclic) bond motifs is 1. The smallest absolute Gasteiger partial charge is 0.231 e. The lowest BCUT2D eigenvalue weighted by Crippen LogP contribution is -2.19. The van der Waals surface area contributed by atoms with Crippen LogP contribution in [-0.4, -0.2) is 33.5 Å². The topological polar surface area (TPSA) is 52.4 Å². The largest absolute Gasteiger partial charge is 0.454 e. The van der Waals surface area contributed by atoms with Crippen molar-refractivity contribution in [1.29, 1.82) is 0 Å². The number of hydrogen-bond acceptors (Lipinski definition) is 6. The lowest BCUT2D eigenvalue weighted by atomic mass is 10.2. The van der Waals surface area contributed by atoms with Crippen LogP contribution in [0.2, 0.25) is 5.02 Å². The first kappa shape index (κ1) is 19.1. The van der Waals surface area contributed by atoms with Gasteiger partial charge in [0.05, 0.1) is 6.54 Å². The summed E-state index contributed by atoms with van der Waals surface area (Å²) in [5.41, 5.74) is 2.26. The summed E-state index contributed by atoms with van der Waals surface area (Å²) in [7, 11) is 4.06. The Hall–Kier alpha value is -2.22. The van der Waals surface area contributed by atoms with Crippen molar-refractivity contribution in [3.8, 4) is 11.5 Å². The Labute approximate surface area is 173 Å². The summed E-state index contributed by atoms with van der Waals surface area (Å²) in [6.45, 7) is 1.78. The van der Waals surface area contributed by atoms with Crippen LogP contribution in [0.5, 0.6) is 11.5 Å². The molecule has 0 bridgehead atoms. The van der Waals surface area contributed by atoms with Gasteiger partial charge in [-0.1, -0.05) is 47.6 Å². The number of hydrogen-bond donors (Lipinski definition) is 0. The SMILES string of the molecule is CN(Cc1ccc2c(c1)OCO2)Cc1nnc(SCc2ccccc2Cl)n1C. The minimum absolute atomic E-state index is 0.294. The van der Waals surface area contributed by atoms with Crippen molar-refractivity contribution in [2.24, 2.45) is 7.05 Å². The van der Waals surface area contributed by atoms with Gasteiger partial charge >= 0.3 is 0 Å². The zero-order valence-electron chi connectivity index (χ0n) is 15.8. The average molecular weight is 417 g/mol. The number of halogens is 1. The molecule has 0 atom stereocenters. The van der Waals surface area contributed by atoms with Gasteiger partial charge in [0.1, 0.15) is 5.82 Å². The summed E-state index contributed by atoms with van der Waals surface area (Å²) in [5.74, 6) is 3.30. The third kappa shape index (κ3) is 4.27. The molecule has 28 heavy (non-hydrogen) atoms. The summed E-state index contributed by atoms with van der Waals surface area (Å²) < 4.78 is 12.9. The van der Waals surface area contributed by atoms with Crippen LogP contribution < -0.4 is 9.47 Å². The molecule has 0 saturated heterocycles. The van der Waals surface area contributed by atoms with E-state index in [1.54, 1.807) is 11.8 Å². The van der Waals surface area contributed by atoms with Crippen molar-refractivity contribution in [2.75, 3.05) is 13.8 Å². The van der Waals surface area contributed by atoms with E-state index in [9.17, 15) is 0 Å². The van der Waals surface area contributed by atoms with Crippen LogP contribution in [-0.2, 0) is 25.9 Å². The summed E-state index contributed by atoms with van der Waals surface area (Å²) in [6, 6.07) is 13.9. The molecular weight excluding hydrogens is 396 g/mol. The van der Waals surface area contributed by atoms with Gasteiger partial charge in [-0.2, -0.15) is 0 Å². The van der Waals surface area contributed by atoms with Crippen LogP contribution in [0.1, 0.15) is 17.0 Å². The minimum Gasteiger partial charge on any atom is -0.454 e. The van der Waals surface area contributed by atoms with E-state index in [1.807, 2.05) is 48.0 Å². The number of aromatic nitrogens is 3. The summed E-state index contributed by atoms with van der Waals surface area (Å²) >= 11 is 7.87. The molecule has 6 nitrogen and oxygen atoms in total. The summed E-state index contributed by atoms with van der Waals surface area (Å²) in [4.78, 5) is 2.20. The van der Waals surface area contributed by atoms with Gasteiger partial charge in [0.15, 0.2) is 16.7 Å². The van der Waals surface area contributed by atoms with Gasteiger partial charge in [-0.25, -0.2) is 0 Å². The van der Waals surface area contributed by atoms with Crippen molar-refractivity contribution >= 4 is 23.4 Å². The van der Waals surface area contributed by atoms with E-state index >= 15 is 0 Å². The molecule has 0 spiro atoms. The highest BCUT2D eigenvalue weighted by Gasteiger charge is 2.15. The second kappa shape index (κ2) is 8.43. The molecule has 0 fully saturated rings. The Morgan fingerprint density at radius 1 is 1.11 bits per heavy atom. The van der Waals surface area contributed by atoms with Crippen molar-refractivity contribution in [2.45, 2.75) is 24.0 Å². The number of rotatable bonds is 7. The highest BCUT2D eigenvalue weighted by molar-refractivity contribution is 7.98. The van der Waals surface area contributed by atoms with Gasteiger partial charge in [0.25, 0.3) is 0 Å². The van der Waals surface area contributed by atoms with Gasteiger partial charge < -0.3 is 14.0 Å². The third-order valence-electron chi connectivity index (χ3n) is 4.54. The number of thioether (sulfide) groups is 1. The maximum atomic E-state index is 6.24. The Kier molecular flexibility index (Phi) is 5.75. The minimum atomic E-state index is 0.294. The molecule has 1 aromatic heterocycles. The second-order valence-corrected chi connectivity index (χ2v) is 8.05. The van der Waals surface area contributed by atoms with Crippen LogP contribution in [0.15, 0.2) is 47.6 Å². The average Bonchev–Trinajstić information content (AvgIpc) is 3.28. The van der Waals surface area contributed by atoms with Crippen LogP contribution in [0, 0.1) is 0 Å². The maximum Gasteiger partial charge on any atom is 0.231 e. The molecule has 2 heterocycles. The fourth-order valence-corrected chi connectivity index (χ4v) is 4.23. The first-order valence-corrected chi connectivity index (χ1v) is 10.3. The lowest BCUT2D eigenvalue weighted by Gasteiger charge is -2.16. The van der Waals surface area contributed by atoms with Crippen molar-refractivity contribution in [1.82, 2.24) is 19.7 Å². The molecule has 4 rings (SSSR count). The number of benzene rings is 2. The van der Waals surface area contributed by atoms with Crippen LogP contribution in [0.3, 0.4) is 0 Å². The van der Waals surface area contributed by atoms with E-state index < -0.39 is 0 Å². The van der Waals surface area contributed by atoms with Crippen LogP contribution in [0.4, 0.5) is 0 Å². The molecule has 3 aromatic rings. The highest BCUT2D eigenvalue weighted by Crippen LogP contribution is 2.33. The van der Waals surface area contributed by atoms with Crippen molar-refractivity contribution < 1.29 is 9.47 Å². The Morgan fingerprint density at radius 3 is 2.79 bits per heavy atom. The van der Waals surface area contributed by atoms with Crippen LogP contribution >= 0.6 is 23.4 Å². The van der Waals surface area contributed by atoms with E-state index in [0.29, 0.717) is 13.3 Å². The Bertz CT molecular complexity index is 979. The second-order valence-electron chi connectivity index (χ2n) is 6.70. The van der Waals surface area contributed by atoms with Gasteiger partial charge in [-0.15, -0.1) is 10.2 Å². The zero-order valence-corrected chi connectivity index (χ0v) is 17.3. The fraction of sp³-hybridized carbons (Fsp3) is 0.300. The molecule has 1 aliphatic heterocycles. The molecule has 0 N–H and O–H groups in total. The third-order valence-corrected chi connectivity index (χ3v) is 5.98. The lowest BCUT2D eigenvalue weighted by molar-refractivity contribution is 0.174. The van der Waals surface area contributed by atoms with Crippen molar-refractivity contribution in [3.63, 3.8) is 0 Å². The maximum absolute atomic E-state index is 6.24. The molecule has 0 saturated carbocycles. The standard InChI is InChI=1S/C20H21ClN4O2S/c1-24(10-14-7-8-17-18(9-14)27-13-26-17)11-19-22-23-20(25(19)2)28-12-15-5-3-4-6-16(15)21/h3-9H,10-13H2,1-2H3. The van der Waals surface area contributed by atoms with E-state index in [4.69, 9.17) is 21.1 Å². The fourth-order valence-electron chi connectivity index (χ4n) is 3.01. The van der Waals surface area contributed by atoms with Gasteiger partial charge in [0, 0.05) is 24.4 Å². The van der Waals surface area contributed by atoms with E-state index in [1.165, 1.54) is 5.56 Å². The normalized spacial score (nSPS) is 12.7. The Morgan fingerprint density at radius 2 is 1.93 bits per heavy atom. The Balaban J connectivity index is 1.36. The van der Waals surface area contributed by atoms with E-state index in [-0.39, 0.29) is 0 Å². The molecule has 1 aliphatic rings. The molecule has 146 valence electrons. The van der Waals surface area contributed by atoms with Gasteiger partial charge in [-0.3, -0.25) is 4.90 Å². The molecule has 0 aliphatic carbocycles. The van der Waals surface area contributed by atoms with E-state index in [2.05, 4.69) is 28.2 Å². The molecule has 0 amide bonds. The predicted octanol–water partition coefficient (Wildman–Crippen LogP) is 4.12. The molecule has 0 radical (unpaired) electrons. The first-order chi connectivity index (χ1) is 13.6. The van der Waals surface area contributed by atoms with Gasteiger partial charge in [-0.05, 0) is 36.4 Å². The summed E-state index contributed by atoms with van der Waals surface area (Å²) in [6.07, 6.45) is 0. The van der Waals surface area contributed by atoms with Crippen molar-refractivity contribution in [3.05, 3.63) is 64.4 Å². The quantitative estimate of drug-likeness (QED) is 0.540. The number of nitrogens with zero attached hydrogens (tertiary/aromatic N) is 4. The van der Waals surface area contributed by atoms with Crippen LogP contribution in [0.25, 0.3) is 0 Å². The molecular formula is C20H21ClN4O2S.